The number of aryl methyl sites for hydroxylation is 1. The van der Waals surface area contributed by atoms with Gasteiger partial charge in [-0.3, -0.25) is 14.5 Å². The highest BCUT2D eigenvalue weighted by Gasteiger charge is 2.31. The van der Waals surface area contributed by atoms with E-state index >= 15 is 0 Å². The standard InChI is InChI=1S/C30H42N4O3/c1-21-12-11-15-23(18-21)33-27(36)19-32-29(37)34(20-26(35)30(2,3)4)25-17-10-9-16-24(25)28(31-5)22-13-7-6-8-14-22/h9-12,15-18,22,28,31H,6-8,13-14,19-20H2,1-5H3,(H,32,37)(H,33,36). The molecule has 1 aliphatic rings. The van der Waals surface area contributed by atoms with Gasteiger partial charge in [0, 0.05) is 17.1 Å². The second-order valence-electron chi connectivity index (χ2n) is 11.1. The Balaban J connectivity index is 1.84. The number of ketones is 1. The predicted octanol–water partition coefficient (Wildman–Crippen LogP) is 5.61. The van der Waals surface area contributed by atoms with Crippen LogP contribution < -0.4 is 20.9 Å². The number of carbonyl (C=O) groups is 3. The highest BCUT2D eigenvalue weighted by molar-refractivity contribution is 6.02. The van der Waals surface area contributed by atoms with Crippen LogP contribution in [0.15, 0.2) is 48.5 Å². The monoisotopic (exact) mass is 506 g/mol. The van der Waals surface area contributed by atoms with Crippen LogP contribution in [-0.4, -0.2) is 37.9 Å². The summed E-state index contributed by atoms with van der Waals surface area (Å²) in [4.78, 5) is 40.7. The Morgan fingerprint density at radius 2 is 1.70 bits per heavy atom. The van der Waals surface area contributed by atoms with E-state index in [-0.39, 0.29) is 30.8 Å². The van der Waals surface area contributed by atoms with Gasteiger partial charge >= 0.3 is 6.03 Å². The van der Waals surface area contributed by atoms with Crippen molar-refractivity contribution < 1.29 is 14.4 Å². The van der Waals surface area contributed by atoms with Crippen LogP contribution in [0.4, 0.5) is 16.2 Å². The molecule has 1 aliphatic carbocycles. The molecular weight excluding hydrogens is 464 g/mol. The number of urea groups is 1. The third-order valence-electron chi connectivity index (χ3n) is 7.08. The van der Waals surface area contributed by atoms with E-state index in [1.54, 1.807) is 6.07 Å². The molecule has 7 nitrogen and oxygen atoms in total. The number of amides is 3. The van der Waals surface area contributed by atoms with Crippen LogP contribution in [0.3, 0.4) is 0 Å². The van der Waals surface area contributed by atoms with Crippen molar-refractivity contribution >= 4 is 29.1 Å². The van der Waals surface area contributed by atoms with Gasteiger partial charge in [-0.25, -0.2) is 4.79 Å². The smallest absolute Gasteiger partial charge is 0.322 e. The first-order valence-electron chi connectivity index (χ1n) is 13.3. The van der Waals surface area contributed by atoms with Crippen LogP contribution in [0.2, 0.25) is 0 Å². The third-order valence-corrected chi connectivity index (χ3v) is 7.08. The summed E-state index contributed by atoms with van der Waals surface area (Å²) in [6.45, 7) is 7.23. The zero-order valence-electron chi connectivity index (χ0n) is 22.9. The highest BCUT2D eigenvalue weighted by atomic mass is 16.2. The van der Waals surface area contributed by atoms with Gasteiger partial charge in [0.25, 0.3) is 0 Å². The Morgan fingerprint density at radius 3 is 2.35 bits per heavy atom. The van der Waals surface area contributed by atoms with Crippen molar-refractivity contribution in [3.8, 4) is 0 Å². The summed E-state index contributed by atoms with van der Waals surface area (Å²) in [5.41, 5.74) is 2.79. The zero-order valence-corrected chi connectivity index (χ0v) is 22.9. The number of nitrogens with one attached hydrogen (secondary N) is 3. The second kappa shape index (κ2) is 12.9. The summed E-state index contributed by atoms with van der Waals surface area (Å²) in [5.74, 6) is 0.0771. The maximum atomic E-state index is 13.5. The maximum Gasteiger partial charge on any atom is 0.322 e. The van der Waals surface area contributed by atoms with E-state index in [9.17, 15) is 14.4 Å². The molecular formula is C30H42N4O3. The van der Waals surface area contributed by atoms with Gasteiger partial charge in [-0.1, -0.05) is 70.4 Å². The molecule has 2 aromatic rings. The van der Waals surface area contributed by atoms with E-state index in [0.717, 1.165) is 24.0 Å². The molecule has 200 valence electrons. The molecule has 0 spiro atoms. The van der Waals surface area contributed by atoms with Gasteiger partial charge in [-0.2, -0.15) is 0 Å². The first-order chi connectivity index (χ1) is 17.6. The minimum absolute atomic E-state index is 0.0552. The Morgan fingerprint density at radius 1 is 1.00 bits per heavy atom. The molecule has 0 bridgehead atoms. The topological polar surface area (TPSA) is 90.5 Å². The SMILES string of the molecule is CNC(c1ccccc1N(CC(=O)C(C)(C)C)C(=O)NCC(=O)Nc1cccc(C)c1)C1CCCCC1. The van der Waals surface area contributed by atoms with Crippen LogP contribution in [0.1, 0.15) is 70.0 Å². The van der Waals surface area contributed by atoms with Gasteiger partial charge in [0.05, 0.1) is 18.8 Å². The Kier molecular flexibility index (Phi) is 9.86. The fourth-order valence-corrected chi connectivity index (χ4v) is 4.94. The summed E-state index contributed by atoms with van der Waals surface area (Å²) < 4.78 is 0. The third kappa shape index (κ3) is 7.89. The van der Waals surface area contributed by atoms with Crippen molar-refractivity contribution in [2.24, 2.45) is 11.3 Å². The van der Waals surface area contributed by atoms with Crippen LogP contribution >= 0.6 is 0 Å². The lowest BCUT2D eigenvalue weighted by Crippen LogP contribution is -2.47. The Labute approximate surface area is 221 Å². The van der Waals surface area contributed by atoms with Gasteiger partial charge in [-0.15, -0.1) is 0 Å². The number of nitrogens with zero attached hydrogens (tertiary/aromatic N) is 1. The summed E-state index contributed by atoms with van der Waals surface area (Å²) in [7, 11) is 1.95. The molecule has 1 unspecified atom stereocenters. The molecule has 0 aromatic heterocycles. The van der Waals surface area contributed by atoms with E-state index in [2.05, 4.69) is 16.0 Å². The Bertz CT molecular complexity index is 1090. The molecule has 3 N–H and O–H groups in total. The highest BCUT2D eigenvalue weighted by Crippen LogP contribution is 2.38. The van der Waals surface area contributed by atoms with Crippen LogP contribution in [0.5, 0.6) is 0 Å². The molecule has 0 aliphatic heterocycles. The van der Waals surface area contributed by atoms with Crippen molar-refractivity contribution in [1.82, 2.24) is 10.6 Å². The molecule has 37 heavy (non-hydrogen) atoms. The summed E-state index contributed by atoms with van der Waals surface area (Å²) in [6.07, 6.45) is 5.92. The normalized spacial score (nSPS) is 15.1. The first kappa shape index (κ1) is 28.4. The van der Waals surface area contributed by atoms with Gasteiger partial charge in [0.2, 0.25) is 5.91 Å². The van der Waals surface area contributed by atoms with Gasteiger partial charge in [0.15, 0.2) is 5.78 Å². The number of rotatable bonds is 9. The van der Waals surface area contributed by atoms with E-state index < -0.39 is 11.4 Å². The molecule has 0 saturated heterocycles. The molecule has 1 saturated carbocycles. The second-order valence-corrected chi connectivity index (χ2v) is 11.1. The average molecular weight is 507 g/mol. The lowest BCUT2D eigenvalue weighted by Gasteiger charge is -2.34. The van der Waals surface area contributed by atoms with Gasteiger partial charge < -0.3 is 16.0 Å². The molecule has 0 radical (unpaired) electrons. The number of carbonyl (C=O) groups excluding carboxylic acids is 3. The number of anilines is 2. The zero-order chi connectivity index (χ0) is 27.0. The molecule has 3 amide bonds. The van der Waals surface area contributed by atoms with Gasteiger partial charge in [0.1, 0.15) is 0 Å². The number of para-hydroxylation sites is 1. The fourth-order valence-electron chi connectivity index (χ4n) is 4.94. The molecule has 1 fully saturated rings. The van der Waals surface area contributed by atoms with Gasteiger partial charge in [-0.05, 0) is 62.1 Å². The van der Waals surface area contributed by atoms with Crippen LogP contribution in [0.25, 0.3) is 0 Å². The maximum absolute atomic E-state index is 13.5. The van der Waals surface area contributed by atoms with Crippen molar-refractivity contribution in [3.05, 3.63) is 59.7 Å². The lowest BCUT2D eigenvalue weighted by atomic mass is 9.80. The van der Waals surface area contributed by atoms with E-state index in [1.165, 1.54) is 24.2 Å². The quantitative estimate of drug-likeness (QED) is 0.413. The van der Waals surface area contributed by atoms with Crippen molar-refractivity contribution in [3.63, 3.8) is 0 Å². The summed E-state index contributed by atoms with van der Waals surface area (Å²) in [6, 6.07) is 14.9. The average Bonchev–Trinajstić information content (AvgIpc) is 2.87. The number of hydrogen-bond acceptors (Lipinski definition) is 4. The van der Waals surface area contributed by atoms with Crippen molar-refractivity contribution in [2.75, 3.05) is 30.4 Å². The predicted molar refractivity (Wildman–Crippen MR) is 150 cm³/mol. The van der Waals surface area contributed by atoms with Crippen LogP contribution in [-0.2, 0) is 9.59 Å². The molecule has 7 heteroatoms. The van der Waals surface area contributed by atoms with Crippen molar-refractivity contribution in [2.45, 2.75) is 65.8 Å². The summed E-state index contributed by atoms with van der Waals surface area (Å²) in [5, 5.41) is 9.03. The number of benzene rings is 2. The molecule has 2 aromatic carbocycles. The van der Waals surface area contributed by atoms with Crippen LogP contribution in [0, 0.1) is 18.3 Å². The number of Topliss-reactive ketones (excluding diaryl/α,β-unsaturated/α-hetero) is 1. The first-order valence-corrected chi connectivity index (χ1v) is 13.3. The fraction of sp³-hybridized carbons (Fsp3) is 0.500. The molecule has 3 rings (SSSR count). The minimum atomic E-state index is -0.609. The number of hydrogen-bond donors (Lipinski definition) is 3. The van der Waals surface area contributed by atoms with E-state index in [4.69, 9.17) is 0 Å². The van der Waals surface area contributed by atoms with Crippen molar-refractivity contribution in [1.29, 1.82) is 0 Å². The largest absolute Gasteiger partial charge is 0.329 e. The molecule has 1 atom stereocenters. The Hall–Kier alpha value is -3.19. The lowest BCUT2D eigenvalue weighted by molar-refractivity contribution is -0.124. The molecule has 0 heterocycles. The minimum Gasteiger partial charge on any atom is -0.329 e. The summed E-state index contributed by atoms with van der Waals surface area (Å²) >= 11 is 0. The van der Waals surface area contributed by atoms with E-state index in [0.29, 0.717) is 17.3 Å². The van der Waals surface area contributed by atoms with E-state index in [1.807, 2.05) is 77.2 Å².